The van der Waals surface area contributed by atoms with Crippen LogP contribution in [0.1, 0.15) is 23.9 Å². The molecule has 1 unspecified atom stereocenters. The highest BCUT2D eigenvalue weighted by atomic mass is 14.7. The number of hydrogen-bond acceptors (Lipinski definition) is 0. The second-order valence-corrected chi connectivity index (χ2v) is 3.43. The Hall–Kier alpha value is -0.980. The van der Waals surface area contributed by atoms with Gasteiger partial charge in [0.05, 0.1) is 0 Å². The van der Waals surface area contributed by atoms with Crippen LogP contribution in [0.25, 0.3) is 6.08 Å². The molecule has 0 aromatic carbocycles. The van der Waals surface area contributed by atoms with Gasteiger partial charge in [-0.3, -0.25) is 0 Å². The van der Waals surface area contributed by atoms with Gasteiger partial charge in [0.25, 0.3) is 0 Å². The zero-order valence-electron chi connectivity index (χ0n) is 7.02. The Morgan fingerprint density at radius 2 is 2.36 bits per heavy atom. The van der Waals surface area contributed by atoms with Gasteiger partial charge in [-0.25, -0.2) is 0 Å². The molecular weight excluding hydrogens is 134 g/mol. The number of hydrogen-bond donors (Lipinski definition) is 1. The Balaban J connectivity index is 2.44. The standard InChI is InChI=1S/C10H13N/c1-7-3-4-9-6-8(2)11-10(9)5-7/h3-4,6-7,11H,5H2,1-2H3. The molecule has 11 heavy (non-hydrogen) atoms. The maximum Gasteiger partial charge on any atom is 0.0228 e. The molecule has 0 amide bonds. The lowest BCUT2D eigenvalue weighted by molar-refractivity contribution is 0.703. The molecule has 1 N–H and O–H groups in total. The molecule has 1 atom stereocenters. The molecular formula is C10H13N. The molecule has 1 aliphatic rings. The van der Waals surface area contributed by atoms with Crippen LogP contribution in [0, 0.1) is 12.8 Å². The predicted octanol–water partition coefficient (Wildman–Crippen LogP) is 2.53. The molecule has 1 nitrogen and oxygen atoms in total. The summed E-state index contributed by atoms with van der Waals surface area (Å²) in [7, 11) is 0. The molecule has 0 spiro atoms. The van der Waals surface area contributed by atoms with Gasteiger partial charge in [-0.05, 0) is 30.9 Å². The molecule has 0 aliphatic heterocycles. The van der Waals surface area contributed by atoms with E-state index in [4.69, 9.17) is 0 Å². The summed E-state index contributed by atoms with van der Waals surface area (Å²) in [4.78, 5) is 3.38. The summed E-state index contributed by atoms with van der Waals surface area (Å²) in [5.41, 5.74) is 4.05. The minimum atomic E-state index is 0.695. The summed E-state index contributed by atoms with van der Waals surface area (Å²) in [5, 5.41) is 0. The van der Waals surface area contributed by atoms with Crippen molar-refractivity contribution in [2.24, 2.45) is 5.92 Å². The minimum Gasteiger partial charge on any atom is -0.362 e. The second-order valence-electron chi connectivity index (χ2n) is 3.43. The average molecular weight is 147 g/mol. The number of nitrogens with one attached hydrogen (secondary N) is 1. The predicted molar refractivity (Wildman–Crippen MR) is 47.4 cm³/mol. The van der Waals surface area contributed by atoms with Crippen molar-refractivity contribution in [1.82, 2.24) is 4.98 Å². The van der Waals surface area contributed by atoms with Crippen LogP contribution in [-0.2, 0) is 6.42 Å². The molecule has 58 valence electrons. The van der Waals surface area contributed by atoms with Crippen molar-refractivity contribution in [1.29, 1.82) is 0 Å². The maximum atomic E-state index is 3.38. The van der Waals surface area contributed by atoms with Gasteiger partial charge >= 0.3 is 0 Å². The van der Waals surface area contributed by atoms with E-state index >= 15 is 0 Å². The number of rotatable bonds is 0. The summed E-state index contributed by atoms with van der Waals surface area (Å²) in [6.45, 7) is 4.35. The van der Waals surface area contributed by atoms with E-state index in [2.05, 4.69) is 37.0 Å². The van der Waals surface area contributed by atoms with E-state index < -0.39 is 0 Å². The topological polar surface area (TPSA) is 15.8 Å². The van der Waals surface area contributed by atoms with Gasteiger partial charge in [-0.1, -0.05) is 19.1 Å². The normalized spacial score (nSPS) is 21.8. The molecule has 2 rings (SSSR count). The van der Waals surface area contributed by atoms with Crippen LogP contribution in [0.2, 0.25) is 0 Å². The van der Waals surface area contributed by atoms with E-state index in [1.54, 1.807) is 0 Å². The van der Waals surface area contributed by atoms with E-state index in [0.717, 1.165) is 0 Å². The molecule has 1 aromatic rings. The highest BCUT2D eigenvalue weighted by Crippen LogP contribution is 2.22. The SMILES string of the molecule is Cc1cc2c([nH]1)CC(C)C=C2. The fourth-order valence-electron chi connectivity index (χ4n) is 1.64. The third-order valence-corrected chi connectivity index (χ3v) is 2.20. The summed E-state index contributed by atoms with van der Waals surface area (Å²) in [6, 6.07) is 2.21. The highest BCUT2D eigenvalue weighted by Gasteiger charge is 2.10. The number of aromatic nitrogens is 1. The van der Waals surface area contributed by atoms with E-state index in [1.807, 2.05) is 0 Å². The number of aromatic amines is 1. The van der Waals surface area contributed by atoms with E-state index in [1.165, 1.54) is 23.4 Å². The Kier molecular flexibility index (Phi) is 1.38. The van der Waals surface area contributed by atoms with Crippen molar-refractivity contribution in [3.8, 4) is 0 Å². The van der Waals surface area contributed by atoms with Crippen molar-refractivity contribution < 1.29 is 0 Å². The third kappa shape index (κ3) is 1.11. The molecule has 1 heteroatoms. The fourth-order valence-corrected chi connectivity index (χ4v) is 1.64. The van der Waals surface area contributed by atoms with Crippen molar-refractivity contribution in [2.45, 2.75) is 20.3 Å². The first kappa shape index (κ1) is 6.71. The molecule has 0 fully saturated rings. The molecule has 0 saturated heterocycles. The molecule has 1 aliphatic carbocycles. The largest absolute Gasteiger partial charge is 0.362 e. The van der Waals surface area contributed by atoms with Crippen LogP contribution in [0.4, 0.5) is 0 Å². The number of H-pyrrole nitrogens is 1. The molecule has 0 saturated carbocycles. The zero-order valence-corrected chi connectivity index (χ0v) is 7.02. The Morgan fingerprint density at radius 1 is 1.55 bits per heavy atom. The first-order valence-corrected chi connectivity index (χ1v) is 4.12. The second kappa shape index (κ2) is 2.26. The molecule has 0 radical (unpaired) electrons. The molecule has 0 bridgehead atoms. The number of aryl methyl sites for hydroxylation is 1. The monoisotopic (exact) mass is 147 g/mol. The van der Waals surface area contributed by atoms with E-state index in [0.29, 0.717) is 5.92 Å². The Labute approximate surface area is 67.1 Å². The summed E-state index contributed by atoms with van der Waals surface area (Å²) in [5.74, 6) is 0.695. The van der Waals surface area contributed by atoms with Crippen LogP contribution in [-0.4, -0.2) is 4.98 Å². The van der Waals surface area contributed by atoms with Crippen molar-refractivity contribution in [3.63, 3.8) is 0 Å². The maximum absolute atomic E-state index is 3.38. The highest BCUT2D eigenvalue weighted by molar-refractivity contribution is 5.56. The quantitative estimate of drug-likeness (QED) is 0.580. The zero-order chi connectivity index (χ0) is 7.84. The lowest BCUT2D eigenvalue weighted by Gasteiger charge is -2.10. The van der Waals surface area contributed by atoms with Crippen molar-refractivity contribution in [3.05, 3.63) is 29.1 Å². The smallest absolute Gasteiger partial charge is 0.0228 e. The number of allylic oxidation sites excluding steroid dienone is 1. The van der Waals surface area contributed by atoms with Crippen LogP contribution in [0.3, 0.4) is 0 Å². The molecule has 1 heterocycles. The Morgan fingerprint density at radius 3 is 3.18 bits per heavy atom. The van der Waals surface area contributed by atoms with Gasteiger partial charge < -0.3 is 4.98 Å². The number of fused-ring (bicyclic) bond motifs is 1. The first-order chi connectivity index (χ1) is 5.25. The summed E-state index contributed by atoms with van der Waals surface area (Å²) >= 11 is 0. The Bertz CT molecular complexity index is 294. The third-order valence-electron chi connectivity index (χ3n) is 2.20. The minimum absolute atomic E-state index is 0.695. The van der Waals surface area contributed by atoms with Gasteiger partial charge in [0.2, 0.25) is 0 Å². The average Bonchev–Trinajstić information content (AvgIpc) is 2.27. The van der Waals surface area contributed by atoms with Gasteiger partial charge in [-0.2, -0.15) is 0 Å². The van der Waals surface area contributed by atoms with Crippen molar-refractivity contribution >= 4 is 6.08 Å². The lowest BCUT2D eigenvalue weighted by atomic mass is 9.97. The van der Waals surface area contributed by atoms with Gasteiger partial charge in [0.1, 0.15) is 0 Å². The van der Waals surface area contributed by atoms with Crippen LogP contribution in [0.5, 0.6) is 0 Å². The lowest BCUT2D eigenvalue weighted by Crippen LogP contribution is -2.01. The van der Waals surface area contributed by atoms with Crippen LogP contribution < -0.4 is 0 Å². The summed E-state index contributed by atoms with van der Waals surface area (Å²) < 4.78 is 0. The van der Waals surface area contributed by atoms with E-state index in [9.17, 15) is 0 Å². The van der Waals surface area contributed by atoms with Gasteiger partial charge in [0, 0.05) is 11.4 Å². The summed E-state index contributed by atoms with van der Waals surface area (Å²) in [6.07, 6.45) is 5.66. The van der Waals surface area contributed by atoms with Crippen LogP contribution >= 0.6 is 0 Å². The first-order valence-electron chi connectivity index (χ1n) is 4.12. The van der Waals surface area contributed by atoms with Crippen molar-refractivity contribution in [2.75, 3.05) is 0 Å². The van der Waals surface area contributed by atoms with Gasteiger partial charge in [-0.15, -0.1) is 0 Å². The fraction of sp³-hybridized carbons (Fsp3) is 0.400. The van der Waals surface area contributed by atoms with Gasteiger partial charge in [0.15, 0.2) is 0 Å². The van der Waals surface area contributed by atoms with E-state index in [-0.39, 0.29) is 0 Å². The van der Waals surface area contributed by atoms with Crippen LogP contribution in [0.15, 0.2) is 12.1 Å². The molecule has 1 aromatic heterocycles.